The van der Waals surface area contributed by atoms with Gasteiger partial charge < -0.3 is 15.0 Å². The summed E-state index contributed by atoms with van der Waals surface area (Å²) in [5, 5.41) is 3.27. The largest absolute Gasteiger partial charge is 0.378 e. The van der Waals surface area contributed by atoms with Crippen LogP contribution in [-0.4, -0.2) is 41.3 Å². The van der Waals surface area contributed by atoms with Crippen molar-refractivity contribution in [1.82, 2.24) is 15.0 Å². The van der Waals surface area contributed by atoms with Crippen LogP contribution in [0.2, 0.25) is 0 Å². The van der Waals surface area contributed by atoms with Crippen LogP contribution >= 0.6 is 0 Å². The summed E-state index contributed by atoms with van der Waals surface area (Å²) in [6.45, 7) is 3.90. The van der Waals surface area contributed by atoms with E-state index in [2.05, 4.69) is 25.2 Å². The lowest BCUT2D eigenvalue weighted by Crippen LogP contribution is -2.36. The fourth-order valence-corrected chi connectivity index (χ4v) is 2.09. The van der Waals surface area contributed by atoms with Gasteiger partial charge in [-0.15, -0.1) is 0 Å². The van der Waals surface area contributed by atoms with Crippen molar-refractivity contribution in [3.63, 3.8) is 0 Å². The summed E-state index contributed by atoms with van der Waals surface area (Å²) in [7, 11) is 0. The van der Waals surface area contributed by atoms with E-state index < -0.39 is 0 Å². The Bertz CT molecular complexity index is 542. The maximum atomic E-state index is 5.35. The third-order valence-electron chi connectivity index (χ3n) is 3.16. The molecule has 0 unspecified atom stereocenters. The van der Waals surface area contributed by atoms with E-state index in [0.717, 1.165) is 43.6 Å². The number of nitrogens with one attached hydrogen (secondary N) is 1. The van der Waals surface area contributed by atoms with Gasteiger partial charge in [0.05, 0.1) is 25.5 Å². The fourth-order valence-electron chi connectivity index (χ4n) is 2.09. The zero-order chi connectivity index (χ0) is 13.6. The summed E-state index contributed by atoms with van der Waals surface area (Å²) in [4.78, 5) is 15.0. The molecule has 3 rings (SSSR count). The molecule has 0 aromatic carbocycles. The number of rotatable bonds is 4. The number of aromatic nitrogens is 3. The molecular weight excluding hydrogens is 254 g/mol. The molecule has 1 N–H and O–H groups in total. The molecule has 0 atom stereocenters. The second kappa shape index (κ2) is 6.29. The van der Waals surface area contributed by atoms with Gasteiger partial charge in [-0.2, -0.15) is 0 Å². The molecule has 2 aromatic heterocycles. The molecule has 0 bridgehead atoms. The molecule has 2 aromatic rings. The van der Waals surface area contributed by atoms with Crippen molar-refractivity contribution >= 4 is 11.6 Å². The van der Waals surface area contributed by atoms with Gasteiger partial charge in [0, 0.05) is 25.4 Å². The predicted molar refractivity (Wildman–Crippen MR) is 76.6 cm³/mol. The Labute approximate surface area is 117 Å². The molecule has 6 nitrogen and oxygen atoms in total. The highest BCUT2D eigenvalue weighted by Gasteiger charge is 2.12. The van der Waals surface area contributed by atoms with E-state index in [1.54, 1.807) is 12.5 Å². The Morgan fingerprint density at radius 2 is 2.05 bits per heavy atom. The van der Waals surface area contributed by atoms with Gasteiger partial charge in [0.2, 0.25) is 0 Å². The second-order valence-electron chi connectivity index (χ2n) is 4.54. The van der Waals surface area contributed by atoms with Gasteiger partial charge in [-0.3, -0.25) is 4.98 Å². The van der Waals surface area contributed by atoms with Crippen LogP contribution in [0.1, 0.15) is 5.69 Å². The highest BCUT2D eigenvalue weighted by atomic mass is 16.5. The van der Waals surface area contributed by atoms with E-state index in [-0.39, 0.29) is 0 Å². The van der Waals surface area contributed by atoms with Crippen molar-refractivity contribution in [1.29, 1.82) is 0 Å². The Morgan fingerprint density at radius 3 is 2.85 bits per heavy atom. The van der Waals surface area contributed by atoms with Crippen molar-refractivity contribution in [2.24, 2.45) is 0 Å². The smallest absolute Gasteiger partial charge is 0.134 e. The summed E-state index contributed by atoms with van der Waals surface area (Å²) in [5.74, 6) is 1.75. The molecule has 20 heavy (non-hydrogen) atoms. The molecule has 1 saturated heterocycles. The minimum Gasteiger partial charge on any atom is -0.378 e. The van der Waals surface area contributed by atoms with E-state index in [1.807, 2.05) is 24.3 Å². The third kappa shape index (κ3) is 3.21. The van der Waals surface area contributed by atoms with Gasteiger partial charge in [0.15, 0.2) is 0 Å². The first-order valence-corrected chi connectivity index (χ1v) is 6.70. The SMILES string of the molecule is c1ccc(CNc2cc(N3CCOCC3)ncn2)nc1. The zero-order valence-corrected chi connectivity index (χ0v) is 11.2. The second-order valence-corrected chi connectivity index (χ2v) is 4.54. The predicted octanol–water partition coefficient (Wildman–Crippen LogP) is 1.32. The van der Waals surface area contributed by atoms with Gasteiger partial charge in [-0.25, -0.2) is 9.97 Å². The lowest BCUT2D eigenvalue weighted by molar-refractivity contribution is 0.122. The van der Waals surface area contributed by atoms with Gasteiger partial charge in [-0.05, 0) is 12.1 Å². The van der Waals surface area contributed by atoms with Crippen molar-refractivity contribution in [2.45, 2.75) is 6.54 Å². The molecule has 0 amide bonds. The normalized spacial score (nSPS) is 15.1. The van der Waals surface area contributed by atoms with Crippen LogP contribution in [0.25, 0.3) is 0 Å². The molecule has 0 radical (unpaired) electrons. The van der Waals surface area contributed by atoms with Crippen LogP contribution in [-0.2, 0) is 11.3 Å². The van der Waals surface area contributed by atoms with Crippen LogP contribution in [0, 0.1) is 0 Å². The van der Waals surface area contributed by atoms with Crippen molar-refractivity contribution in [2.75, 3.05) is 36.5 Å². The lowest BCUT2D eigenvalue weighted by Gasteiger charge is -2.27. The summed E-state index contributed by atoms with van der Waals surface area (Å²) in [6.07, 6.45) is 3.38. The number of pyridine rings is 1. The molecule has 1 aliphatic rings. The van der Waals surface area contributed by atoms with Crippen LogP contribution in [0.5, 0.6) is 0 Å². The van der Waals surface area contributed by atoms with Crippen molar-refractivity contribution < 1.29 is 4.74 Å². The molecule has 1 fully saturated rings. The average Bonchev–Trinajstić information content (AvgIpc) is 2.55. The average molecular weight is 271 g/mol. The Morgan fingerprint density at radius 1 is 1.15 bits per heavy atom. The summed E-state index contributed by atoms with van der Waals surface area (Å²) in [5.41, 5.74) is 0.985. The van der Waals surface area contributed by atoms with Crippen molar-refractivity contribution in [3.05, 3.63) is 42.5 Å². The topological polar surface area (TPSA) is 63.2 Å². The molecular formula is C14H17N5O. The molecule has 104 valence electrons. The molecule has 1 aliphatic heterocycles. The first-order valence-electron chi connectivity index (χ1n) is 6.70. The highest BCUT2D eigenvalue weighted by molar-refractivity contribution is 5.48. The summed E-state index contributed by atoms with van der Waals surface area (Å²) < 4.78 is 5.35. The number of hydrogen-bond acceptors (Lipinski definition) is 6. The number of hydrogen-bond donors (Lipinski definition) is 1. The fraction of sp³-hybridized carbons (Fsp3) is 0.357. The molecule has 6 heteroatoms. The van der Waals surface area contributed by atoms with E-state index in [9.17, 15) is 0 Å². The maximum Gasteiger partial charge on any atom is 0.134 e. The Balaban J connectivity index is 1.65. The van der Waals surface area contributed by atoms with Gasteiger partial charge in [0.25, 0.3) is 0 Å². The van der Waals surface area contributed by atoms with Gasteiger partial charge >= 0.3 is 0 Å². The number of ether oxygens (including phenoxy) is 1. The summed E-state index contributed by atoms with van der Waals surface area (Å²) >= 11 is 0. The minimum absolute atomic E-state index is 0.653. The van der Waals surface area contributed by atoms with Gasteiger partial charge in [-0.1, -0.05) is 6.07 Å². The number of anilines is 2. The van der Waals surface area contributed by atoms with E-state index in [1.165, 1.54) is 0 Å². The Hall–Kier alpha value is -2.21. The zero-order valence-electron chi connectivity index (χ0n) is 11.2. The lowest BCUT2D eigenvalue weighted by atomic mass is 10.3. The molecule has 3 heterocycles. The molecule has 0 spiro atoms. The maximum absolute atomic E-state index is 5.35. The number of nitrogens with zero attached hydrogens (tertiary/aromatic N) is 4. The highest BCUT2D eigenvalue weighted by Crippen LogP contribution is 2.15. The minimum atomic E-state index is 0.653. The molecule has 0 saturated carbocycles. The van der Waals surface area contributed by atoms with E-state index >= 15 is 0 Å². The van der Waals surface area contributed by atoms with E-state index in [4.69, 9.17) is 4.74 Å². The van der Waals surface area contributed by atoms with Crippen LogP contribution in [0.3, 0.4) is 0 Å². The molecule has 0 aliphatic carbocycles. The van der Waals surface area contributed by atoms with Crippen molar-refractivity contribution in [3.8, 4) is 0 Å². The summed E-state index contributed by atoms with van der Waals surface area (Å²) in [6, 6.07) is 7.83. The third-order valence-corrected chi connectivity index (χ3v) is 3.16. The van der Waals surface area contributed by atoms with Crippen LogP contribution in [0.15, 0.2) is 36.8 Å². The van der Waals surface area contributed by atoms with E-state index in [0.29, 0.717) is 6.54 Å². The standard InChI is InChI=1S/C14H17N5O/c1-2-4-15-12(3-1)10-16-13-9-14(18-11-17-13)19-5-7-20-8-6-19/h1-4,9,11H,5-8,10H2,(H,16,17,18). The van der Waals surface area contributed by atoms with Crippen LogP contribution < -0.4 is 10.2 Å². The number of morpholine rings is 1. The van der Waals surface area contributed by atoms with Gasteiger partial charge in [0.1, 0.15) is 18.0 Å². The van der Waals surface area contributed by atoms with Crippen LogP contribution in [0.4, 0.5) is 11.6 Å². The first-order chi connectivity index (χ1) is 9.92. The first kappa shape index (κ1) is 12.8. The quantitative estimate of drug-likeness (QED) is 0.905. The monoisotopic (exact) mass is 271 g/mol. The Kier molecular flexibility index (Phi) is 4.03.